The molecule has 0 spiro atoms. The van der Waals surface area contributed by atoms with E-state index in [0.717, 1.165) is 35.9 Å². The molecule has 9 nitrogen and oxygen atoms in total. The van der Waals surface area contributed by atoms with Crippen molar-refractivity contribution in [3.8, 4) is 0 Å². The van der Waals surface area contributed by atoms with Crippen molar-refractivity contribution < 1.29 is 43.8 Å². The monoisotopic (exact) mass is 768 g/mol. The third-order valence-electron chi connectivity index (χ3n) is 11.6. The fourth-order valence-corrected chi connectivity index (χ4v) is 9.25. The van der Waals surface area contributed by atoms with Crippen molar-refractivity contribution in [3.63, 3.8) is 0 Å². The Hall–Kier alpha value is -4.13. The maximum absolute atomic E-state index is 10.3. The lowest BCUT2D eigenvalue weighted by Gasteiger charge is -2.32. The molecule has 0 saturated heterocycles. The van der Waals surface area contributed by atoms with E-state index in [2.05, 4.69) is 132 Å². The van der Waals surface area contributed by atoms with Crippen LogP contribution in [0.1, 0.15) is 55.1 Å². The van der Waals surface area contributed by atoms with Gasteiger partial charge in [0.2, 0.25) is 0 Å². The van der Waals surface area contributed by atoms with Crippen LogP contribution in [0, 0.1) is 10.2 Å². The van der Waals surface area contributed by atoms with Gasteiger partial charge in [-0.3, -0.25) is 8.97 Å². The molecular formula is C45H53ClN2O7+2. The predicted octanol–water partition coefficient (Wildman–Crippen LogP) is 5.04. The zero-order valence-corrected chi connectivity index (χ0v) is 32.9. The molecule has 55 heavy (non-hydrogen) atoms. The van der Waals surface area contributed by atoms with Gasteiger partial charge in [-0.2, -0.15) is 14.0 Å². The van der Waals surface area contributed by atoms with E-state index in [9.17, 15) is 10.2 Å². The highest BCUT2D eigenvalue weighted by Gasteiger charge is 2.47. The van der Waals surface area contributed by atoms with Crippen molar-refractivity contribution in [3.05, 3.63) is 143 Å². The van der Waals surface area contributed by atoms with Gasteiger partial charge < -0.3 is 14.9 Å². The van der Waals surface area contributed by atoms with Crippen LogP contribution in [-0.4, -0.2) is 68.9 Å². The number of benzene rings is 4. The van der Waals surface area contributed by atoms with Gasteiger partial charge in [0.1, 0.15) is 35.5 Å². The van der Waals surface area contributed by atoms with E-state index in [4.69, 9.17) is 23.4 Å². The number of rotatable bonds is 10. The quantitative estimate of drug-likeness (QED) is 0.152. The Morgan fingerprint density at radius 2 is 1.40 bits per heavy atom. The molecule has 4 aromatic rings. The number of quaternary nitrogens is 2. The first-order chi connectivity index (χ1) is 26.2. The van der Waals surface area contributed by atoms with Crippen LogP contribution in [0.25, 0.3) is 21.5 Å². The summed E-state index contributed by atoms with van der Waals surface area (Å²) in [5.41, 5.74) is 9.03. The van der Waals surface area contributed by atoms with Gasteiger partial charge in [-0.1, -0.05) is 67.3 Å². The lowest BCUT2D eigenvalue weighted by molar-refractivity contribution is -1.92. The number of fused-ring (bicyclic) bond motifs is 6. The molecule has 3 atom stereocenters. The molecule has 3 unspecified atom stereocenters. The molecule has 4 aromatic carbocycles. The summed E-state index contributed by atoms with van der Waals surface area (Å²) in [7, 11) is 4.43. The largest absolute Gasteiger partial charge is 0.489 e. The highest BCUT2D eigenvalue weighted by atomic mass is 35.7. The van der Waals surface area contributed by atoms with E-state index in [1.54, 1.807) is 0 Å². The summed E-state index contributed by atoms with van der Waals surface area (Å²) in [4.78, 5) is 0. The maximum Gasteiger partial charge on any atom is 0.141 e. The summed E-state index contributed by atoms with van der Waals surface area (Å²) < 4.78 is 40.6. The highest BCUT2D eigenvalue weighted by molar-refractivity contribution is 5.93. The maximum atomic E-state index is 10.3. The van der Waals surface area contributed by atoms with Crippen molar-refractivity contribution >= 4 is 32.9 Å². The first kappa shape index (κ1) is 40.5. The predicted molar refractivity (Wildman–Crippen MR) is 212 cm³/mol. The fraction of sp³-hybridized carbons (Fsp3) is 0.333. The molecule has 2 heterocycles. The van der Waals surface area contributed by atoms with Gasteiger partial charge in [0.15, 0.2) is 0 Å². The molecule has 290 valence electrons. The van der Waals surface area contributed by atoms with Crippen LogP contribution in [0.15, 0.2) is 132 Å². The number of aliphatic hydroxyl groups is 2. The van der Waals surface area contributed by atoms with Gasteiger partial charge in [0, 0.05) is 42.4 Å². The molecule has 0 amide bonds. The first-order valence-electron chi connectivity index (χ1n) is 18.9. The zero-order chi connectivity index (χ0) is 39.5. The van der Waals surface area contributed by atoms with Gasteiger partial charge in [-0.15, -0.1) is 0 Å². The van der Waals surface area contributed by atoms with Crippen molar-refractivity contribution in [2.75, 3.05) is 48.0 Å². The minimum absolute atomic E-state index is 0.126. The number of nitrogens with zero attached hydrogens (tertiary/aromatic N) is 2. The summed E-state index contributed by atoms with van der Waals surface area (Å²) >= 11 is 0. The number of hydrogen-bond acceptors (Lipinski definition) is 7. The number of allylic oxidation sites excluding steroid dienone is 6. The molecule has 0 fully saturated rings. The molecule has 1 aliphatic carbocycles. The van der Waals surface area contributed by atoms with Crippen LogP contribution in [0.3, 0.4) is 0 Å². The molecular weight excluding hydrogens is 716 g/mol. The second-order valence-corrected chi connectivity index (χ2v) is 16.2. The summed E-state index contributed by atoms with van der Waals surface area (Å²) in [5, 5.41) is 25.5. The topological polar surface area (TPSA) is 139 Å². The molecule has 3 N–H and O–H groups in total. The van der Waals surface area contributed by atoms with E-state index in [1.165, 1.54) is 60.9 Å². The first-order valence-corrected chi connectivity index (χ1v) is 20.1. The Kier molecular flexibility index (Phi) is 12.2. The lowest BCUT2D eigenvalue weighted by atomic mass is 9.87. The smallest absolute Gasteiger partial charge is 0.141 e. The number of aliphatic hydroxyl groups excluding tert-OH is 2. The normalized spacial score (nSPS) is 23.0. The Balaban J connectivity index is 0.000000967. The SMILES string of the molecule is C=CCOC1=C(C=CC2C(CCO)c3c(ccc4ccccc34)[N+]2(C)C)CCCC1=CC=C1C(CCO)c2c(ccc3ccccc23)[N+]1(C)C.[O-][Cl+3]([O-])([O-])O. The molecule has 3 aliphatic rings. The second kappa shape index (κ2) is 16.5. The highest BCUT2D eigenvalue weighted by Crippen LogP contribution is 2.52. The molecule has 0 bridgehead atoms. The Morgan fingerprint density at radius 3 is 2.02 bits per heavy atom. The molecule has 0 radical (unpaired) electrons. The van der Waals surface area contributed by atoms with E-state index >= 15 is 0 Å². The average Bonchev–Trinajstić information content (AvgIpc) is 3.50. The summed E-state index contributed by atoms with van der Waals surface area (Å²) in [5.74, 6) is 1.29. The van der Waals surface area contributed by atoms with Crippen LogP contribution in [0.2, 0.25) is 0 Å². The van der Waals surface area contributed by atoms with Crippen molar-refractivity contribution in [2.24, 2.45) is 0 Å². The minimum atomic E-state index is -4.69. The van der Waals surface area contributed by atoms with Crippen LogP contribution in [0.4, 0.5) is 11.4 Å². The lowest BCUT2D eigenvalue weighted by Crippen LogP contribution is -2.58. The van der Waals surface area contributed by atoms with Gasteiger partial charge in [0.25, 0.3) is 0 Å². The fourth-order valence-electron chi connectivity index (χ4n) is 9.25. The molecule has 2 aliphatic heterocycles. The number of halogens is 1. The third kappa shape index (κ3) is 8.23. The summed E-state index contributed by atoms with van der Waals surface area (Å²) in [6.45, 7) is 4.69. The van der Waals surface area contributed by atoms with Crippen LogP contribution in [0.5, 0.6) is 0 Å². The van der Waals surface area contributed by atoms with Gasteiger partial charge in [-0.05, 0) is 95.2 Å². The van der Waals surface area contributed by atoms with E-state index in [-0.39, 0.29) is 31.1 Å². The van der Waals surface area contributed by atoms with E-state index in [0.29, 0.717) is 17.5 Å². The third-order valence-corrected chi connectivity index (χ3v) is 11.6. The Labute approximate surface area is 326 Å². The average molecular weight is 769 g/mol. The number of hydrogen-bond donors (Lipinski definition) is 3. The van der Waals surface area contributed by atoms with Gasteiger partial charge in [-0.25, -0.2) is 0 Å². The summed E-state index contributed by atoms with van der Waals surface area (Å²) in [6.07, 6.45) is 15.5. The van der Waals surface area contributed by atoms with Crippen LogP contribution in [-0.2, 0) is 4.74 Å². The van der Waals surface area contributed by atoms with Crippen molar-refractivity contribution in [1.82, 2.24) is 8.97 Å². The van der Waals surface area contributed by atoms with Crippen molar-refractivity contribution in [1.29, 1.82) is 0 Å². The minimum Gasteiger partial charge on any atom is -0.489 e. The Morgan fingerprint density at radius 1 is 0.800 bits per heavy atom. The molecule has 10 heteroatoms. The zero-order valence-electron chi connectivity index (χ0n) is 32.2. The van der Waals surface area contributed by atoms with Crippen molar-refractivity contribution in [2.45, 2.75) is 50.0 Å². The number of ether oxygens (including phenoxy) is 1. The summed E-state index contributed by atoms with van der Waals surface area (Å²) in [6, 6.07) is 26.5. The van der Waals surface area contributed by atoms with E-state index < -0.39 is 10.2 Å². The standard InChI is InChI=1S/C45H52N2O3.ClHO4/c1-6-30-50-45-33(20-22-39-37(26-28-48)43-35-16-9-7-12-31(35)18-24-41(43)46(39,2)3)14-11-15-34(45)21-23-40-38(27-29-49)44-36-17-10-8-13-32(36)19-25-42(44)47(40,4)5;2-1(3,4)5/h6-10,12-13,16-25,37-39,48-49H,1,11,14-15,26-30H2,2-5H3;(H,2,3,4,5)/q+2;. The number of likely N-dealkylation sites (N-methyl/N-ethyl adjacent to an activating group) is 2. The second-order valence-electron chi connectivity index (χ2n) is 15.5. The Bertz CT molecular complexity index is 2170. The van der Waals surface area contributed by atoms with Gasteiger partial charge in [0.05, 0.1) is 49.0 Å². The van der Waals surface area contributed by atoms with E-state index in [1.807, 2.05) is 6.08 Å². The van der Waals surface area contributed by atoms with Gasteiger partial charge >= 0.3 is 0 Å². The molecule has 0 aromatic heterocycles. The van der Waals surface area contributed by atoms with Crippen LogP contribution >= 0.6 is 0 Å². The molecule has 7 rings (SSSR count). The molecule has 0 saturated carbocycles. The van der Waals surface area contributed by atoms with Crippen LogP contribution < -0.4 is 22.9 Å².